The topological polar surface area (TPSA) is 99.3 Å². The molecule has 7 heteroatoms. The molecule has 0 bridgehead atoms. The predicted octanol–water partition coefficient (Wildman–Crippen LogP) is -0.123. The average Bonchev–Trinajstić information content (AvgIpc) is 2.63. The fraction of sp³-hybridized carbons (Fsp3) is 0.889. The van der Waals surface area contributed by atoms with E-state index in [0.717, 1.165) is 6.42 Å². The molecule has 0 aromatic carbocycles. The van der Waals surface area contributed by atoms with E-state index in [9.17, 15) is 8.42 Å². The Bertz CT molecular complexity index is 353. The van der Waals surface area contributed by atoms with Crippen molar-refractivity contribution in [3.63, 3.8) is 0 Å². The summed E-state index contributed by atoms with van der Waals surface area (Å²) in [5, 5.41) is 7.36. The first-order valence-electron chi connectivity index (χ1n) is 5.45. The Morgan fingerprint density at radius 2 is 2.25 bits per heavy atom. The highest BCUT2D eigenvalue weighted by atomic mass is 32.2. The Balaban J connectivity index is 2.71. The van der Waals surface area contributed by atoms with E-state index in [1.807, 2.05) is 13.8 Å². The summed E-state index contributed by atoms with van der Waals surface area (Å²) in [5.41, 5.74) is 5.39. The van der Waals surface area contributed by atoms with Crippen LogP contribution in [0, 0.1) is 11.3 Å². The minimum Gasteiger partial charge on any atom is -0.386 e. The van der Waals surface area contributed by atoms with Crippen molar-refractivity contribution in [2.45, 2.75) is 32.7 Å². The van der Waals surface area contributed by atoms with Gasteiger partial charge in [0.1, 0.15) is 5.84 Å². The quantitative estimate of drug-likeness (QED) is 0.467. The van der Waals surface area contributed by atoms with Crippen LogP contribution in [0.15, 0.2) is 0 Å². The van der Waals surface area contributed by atoms with Crippen LogP contribution in [0.5, 0.6) is 0 Å². The lowest BCUT2D eigenvalue weighted by Gasteiger charge is -2.23. The highest BCUT2D eigenvalue weighted by Crippen LogP contribution is 2.19. The molecule has 0 saturated carbocycles. The van der Waals surface area contributed by atoms with Crippen LogP contribution < -0.4 is 10.5 Å². The number of hydrogen-bond acceptors (Lipinski definition) is 3. The summed E-state index contributed by atoms with van der Waals surface area (Å²) in [6.45, 7) is 4.73. The second-order valence-electron chi connectivity index (χ2n) is 4.47. The van der Waals surface area contributed by atoms with E-state index in [0.29, 0.717) is 19.5 Å². The zero-order valence-corrected chi connectivity index (χ0v) is 10.5. The zero-order chi connectivity index (χ0) is 12.3. The van der Waals surface area contributed by atoms with Crippen molar-refractivity contribution in [2.75, 3.05) is 13.1 Å². The molecule has 1 rings (SSSR count). The summed E-state index contributed by atoms with van der Waals surface area (Å²) in [6.07, 6.45) is 1.39. The van der Waals surface area contributed by atoms with E-state index in [1.54, 1.807) is 0 Å². The summed E-state index contributed by atoms with van der Waals surface area (Å²) >= 11 is 0. The molecule has 1 aliphatic rings. The number of rotatable bonds is 5. The van der Waals surface area contributed by atoms with Crippen molar-refractivity contribution in [3.05, 3.63) is 0 Å². The summed E-state index contributed by atoms with van der Waals surface area (Å²) in [4.78, 5) is 0. The third-order valence-corrected chi connectivity index (χ3v) is 4.13. The first-order valence-corrected chi connectivity index (χ1v) is 6.89. The molecule has 94 valence electrons. The van der Waals surface area contributed by atoms with Gasteiger partial charge in [0.05, 0.1) is 6.04 Å². The Kier molecular flexibility index (Phi) is 4.28. The van der Waals surface area contributed by atoms with Gasteiger partial charge in [0.15, 0.2) is 0 Å². The molecule has 1 fully saturated rings. The summed E-state index contributed by atoms with van der Waals surface area (Å²) in [7, 11) is -3.49. The molecule has 1 atom stereocenters. The number of nitrogens with two attached hydrogens (primary N) is 1. The van der Waals surface area contributed by atoms with Crippen LogP contribution in [-0.2, 0) is 10.2 Å². The Morgan fingerprint density at radius 3 is 2.75 bits per heavy atom. The van der Waals surface area contributed by atoms with Gasteiger partial charge in [-0.2, -0.15) is 12.7 Å². The molecule has 1 heterocycles. The molecule has 0 aromatic rings. The summed E-state index contributed by atoms with van der Waals surface area (Å²) in [6, 6.07) is -0.468. The average molecular weight is 248 g/mol. The number of nitrogens with zero attached hydrogens (tertiary/aromatic N) is 1. The van der Waals surface area contributed by atoms with Crippen molar-refractivity contribution in [3.8, 4) is 0 Å². The van der Waals surface area contributed by atoms with Crippen LogP contribution in [0.3, 0.4) is 0 Å². The maximum atomic E-state index is 11.9. The lowest BCUT2D eigenvalue weighted by atomic mass is 10.2. The van der Waals surface area contributed by atoms with Crippen LogP contribution in [-0.4, -0.2) is 37.7 Å². The molecular formula is C9H20N4O2S. The maximum Gasteiger partial charge on any atom is 0.280 e. The Morgan fingerprint density at radius 1 is 1.62 bits per heavy atom. The largest absolute Gasteiger partial charge is 0.386 e. The second kappa shape index (κ2) is 5.11. The van der Waals surface area contributed by atoms with Gasteiger partial charge in [0, 0.05) is 13.1 Å². The molecule has 1 aliphatic heterocycles. The van der Waals surface area contributed by atoms with E-state index in [1.165, 1.54) is 4.31 Å². The first-order chi connectivity index (χ1) is 7.34. The van der Waals surface area contributed by atoms with Crippen LogP contribution in [0.4, 0.5) is 0 Å². The summed E-state index contributed by atoms with van der Waals surface area (Å²) in [5.74, 6) is 0.181. The second-order valence-corrected chi connectivity index (χ2v) is 6.18. The zero-order valence-electron chi connectivity index (χ0n) is 9.73. The molecular weight excluding hydrogens is 228 g/mol. The number of hydrogen-bond donors (Lipinski definition) is 3. The van der Waals surface area contributed by atoms with E-state index in [4.69, 9.17) is 11.1 Å². The lowest BCUT2D eigenvalue weighted by Crippen LogP contribution is -2.48. The van der Waals surface area contributed by atoms with Crippen LogP contribution in [0.2, 0.25) is 0 Å². The minimum absolute atomic E-state index is 0.0765. The fourth-order valence-electron chi connectivity index (χ4n) is 1.69. The molecule has 0 radical (unpaired) electrons. The van der Waals surface area contributed by atoms with Gasteiger partial charge in [-0.1, -0.05) is 13.8 Å². The Hall–Kier alpha value is -0.660. The van der Waals surface area contributed by atoms with Crippen molar-refractivity contribution in [2.24, 2.45) is 11.7 Å². The van der Waals surface area contributed by atoms with Crippen molar-refractivity contribution >= 4 is 16.0 Å². The van der Waals surface area contributed by atoms with Gasteiger partial charge in [0.25, 0.3) is 10.2 Å². The SMILES string of the molecule is CC(C)CNS(=O)(=O)N1CCCC1C(=N)N. The van der Waals surface area contributed by atoms with Gasteiger partial charge >= 0.3 is 0 Å². The molecule has 0 aliphatic carbocycles. The highest BCUT2D eigenvalue weighted by molar-refractivity contribution is 7.87. The standard InChI is InChI=1S/C9H20N4O2S/c1-7(2)6-12-16(14,15)13-5-3-4-8(13)9(10)11/h7-8,12H,3-6H2,1-2H3,(H3,10,11). The molecule has 0 spiro atoms. The minimum atomic E-state index is -3.49. The normalized spacial score (nSPS) is 22.8. The first kappa shape index (κ1) is 13.4. The predicted molar refractivity (Wildman–Crippen MR) is 63.4 cm³/mol. The monoisotopic (exact) mass is 248 g/mol. The smallest absolute Gasteiger partial charge is 0.280 e. The third kappa shape index (κ3) is 3.16. The van der Waals surface area contributed by atoms with Gasteiger partial charge in [0.2, 0.25) is 0 Å². The summed E-state index contributed by atoms with van der Waals surface area (Å²) < 4.78 is 27.6. The van der Waals surface area contributed by atoms with Crippen molar-refractivity contribution in [1.29, 1.82) is 5.41 Å². The van der Waals surface area contributed by atoms with Gasteiger partial charge in [-0.05, 0) is 18.8 Å². The molecule has 6 nitrogen and oxygen atoms in total. The highest BCUT2D eigenvalue weighted by Gasteiger charge is 2.35. The number of amidine groups is 1. The third-order valence-electron chi connectivity index (χ3n) is 2.55. The van der Waals surface area contributed by atoms with Crippen LogP contribution in [0.25, 0.3) is 0 Å². The fourth-order valence-corrected chi connectivity index (χ4v) is 3.33. The van der Waals surface area contributed by atoms with E-state index in [2.05, 4.69) is 4.72 Å². The van der Waals surface area contributed by atoms with E-state index >= 15 is 0 Å². The van der Waals surface area contributed by atoms with E-state index < -0.39 is 16.3 Å². The van der Waals surface area contributed by atoms with Crippen LogP contribution >= 0.6 is 0 Å². The van der Waals surface area contributed by atoms with Crippen molar-refractivity contribution in [1.82, 2.24) is 9.03 Å². The van der Waals surface area contributed by atoms with Gasteiger partial charge in [-0.25, -0.2) is 4.72 Å². The lowest BCUT2D eigenvalue weighted by molar-refractivity contribution is 0.428. The molecule has 0 amide bonds. The molecule has 16 heavy (non-hydrogen) atoms. The molecule has 1 unspecified atom stereocenters. The van der Waals surface area contributed by atoms with E-state index in [-0.39, 0.29) is 11.8 Å². The van der Waals surface area contributed by atoms with Gasteiger partial charge in [-0.15, -0.1) is 0 Å². The van der Waals surface area contributed by atoms with Crippen LogP contribution in [0.1, 0.15) is 26.7 Å². The van der Waals surface area contributed by atoms with Gasteiger partial charge < -0.3 is 5.73 Å². The molecule has 1 saturated heterocycles. The van der Waals surface area contributed by atoms with Crippen molar-refractivity contribution < 1.29 is 8.42 Å². The molecule has 0 aromatic heterocycles. The molecule has 4 N–H and O–H groups in total. The number of nitrogens with one attached hydrogen (secondary N) is 2. The van der Waals surface area contributed by atoms with Gasteiger partial charge in [-0.3, -0.25) is 5.41 Å². The maximum absolute atomic E-state index is 11.9. The Labute approximate surface area is 96.9 Å².